The van der Waals surface area contributed by atoms with Crippen LogP contribution in [0.4, 0.5) is 0 Å². The predicted octanol–water partition coefficient (Wildman–Crippen LogP) is 2.38. The monoisotopic (exact) mass is 298 g/mol. The smallest absolute Gasteiger partial charge is 0.147 e. The van der Waals surface area contributed by atoms with Crippen molar-refractivity contribution >= 4 is 31.4 Å². The van der Waals surface area contributed by atoms with Crippen LogP contribution >= 0.6 is 11.3 Å². The molecule has 2 aromatic heterocycles. The lowest BCUT2D eigenvalue weighted by atomic mass is 10.1. The van der Waals surface area contributed by atoms with Gasteiger partial charge >= 0.3 is 0 Å². The molecule has 19 heavy (non-hydrogen) atoms. The van der Waals surface area contributed by atoms with E-state index in [1.165, 1.54) is 11.0 Å². The van der Waals surface area contributed by atoms with Crippen LogP contribution in [-0.2, 0) is 9.84 Å². The Labute approximate surface area is 117 Å². The standard InChI is InChI=1S/C13H18N2O2S2/c1-10(14-5-3-7-19(2,16)17)11-8-13-12(15-9-11)4-6-18-13/h4,6,8-10,14H,3,5,7H2,1-2H3. The summed E-state index contributed by atoms with van der Waals surface area (Å²) in [5.41, 5.74) is 2.16. The van der Waals surface area contributed by atoms with Gasteiger partial charge in [0.05, 0.1) is 16.0 Å². The summed E-state index contributed by atoms with van der Waals surface area (Å²) in [6.07, 6.45) is 3.78. The molecule has 0 bridgehead atoms. The summed E-state index contributed by atoms with van der Waals surface area (Å²) >= 11 is 1.68. The third-order valence-electron chi connectivity index (χ3n) is 2.97. The van der Waals surface area contributed by atoms with Crippen molar-refractivity contribution in [2.75, 3.05) is 18.6 Å². The molecule has 0 spiro atoms. The van der Waals surface area contributed by atoms with E-state index in [0.29, 0.717) is 13.0 Å². The molecule has 0 aliphatic carbocycles. The largest absolute Gasteiger partial charge is 0.310 e. The highest BCUT2D eigenvalue weighted by atomic mass is 32.2. The molecule has 6 heteroatoms. The number of thiophene rings is 1. The normalized spacial score (nSPS) is 13.8. The summed E-state index contributed by atoms with van der Waals surface area (Å²) in [5, 5.41) is 5.36. The van der Waals surface area contributed by atoms with Gasteiger partial charge in [-0.05, 0) is 43.0 Å². The third kappa shape index (κ3) is 4.26. The molecule has 1 unspecified atom stereocenters. The minimum absolute atomic E-state index is 0.179. The fourth-order valence-corrected chi connectivity index (χ4v) is 3.33. The average Bonchev–Trinajstić information content (AvgIpc) is 2.80. The summed E-state index contributed by atoms with van der Waals surface area (Å²) in [6, 6.07) is 4.33. The highest BCUT2D eigenvalue weighted by Gasteiger charge is 2.08. The lowest BCUT2D eigenvalue weighted by Gasteiger charge is -2.13. The summed E-state index contributed by atoms with van der Waals surface area (Å²) in [6.45, 7) is 2.76. The first-order chi connectivity index (χ1) is 8.96. The fourth-order valence-electron chi connectivity index (χ4n) is 1.87. The Bertz CT molecular complexity index is 649. The molecule has 2 rings (SSSR count). The first-order valence-corrected chi connectivity index (χ1v) is 9.14. The van der Waals surface area contributed by atoms with Gasteiger partial charge in [0.2, 0.25) is 0 Å². The van der Waals surface area contributed by atoms with Crippen LogP contribution < -0.4 is 5.32 Å². The van der Waals surface area contributed by atoms with E-state index in [1.807, 2.05) is 17.6 Å². The second-order valence-electron chi connectivity index (χ2n) is 4.73. The van der Waals surface area contributed by atoms with Crippen molar-refractivity contribution in [3.05, 3.63) is 29.3 Å². The number of pyridine rings is 1. The zero-order valence-corrected chi connectivity index (χ0v) is 12.7. The highest BCUT2D eigenvalue weighted by Crippen LogP contribution is 2.22. The molecular weight excluding hydrogens is 280 g/mol. The van der Waals surface area contributed by atoms with E-state index in [9.17, 15) is 8.42 Å². The summed E-state index contributed by atoms with van der Waals surface area (Å²) in [5.74, 6) is 0.231. The molecule has 0 aromatic carbocycles. The Hall–Kier alpha value is -0.980. The second kappa shape index (κ2) is 5.98. The van der Waals surface area contributed by atoms with Crippen LogP contribution in [0, 0.1) is 0 Å². The molecule has 104 valence electrons. The van der Waals surface area contributed by atoms with Crippen LogP contribution in [0.3, 0.4) is 0 Å². The van der Waals surface area contributed by atoms with E-state index in [2.05, 4.69) is 23.3 Å². The van der Waals surface area contributed by atoms with E-state index in [-0.39, 0.29) is 11.8 Å². The molecule has 4 nitrogen and oxygen atoms in total. The van der Waals surface area contributed by atoms with Gasteiger partial charge in [0.15, 0.2) is 0 Å². The van der Waals surface area contributed by atoms with Crippen molar-refractivity contribution in [2.24, 2.45) is 0 Å². The second-order valence-corrected chi connectivity index (χ2v) is 7.94. The zero-order chi connectivity index (χ0) is 13.9. The molecule has 0 aliphatic rings. The maximum absolute atomic E-state index is 11.0. The van der Waals surface area contributed by atoms with E-state index >= 15 is 0 Å². The number of nitrogens with one attached hydrogen (secondary N) is 1. The van der Waals surface area contributed by atoms with Crippen molar-refractivity contribution in [3.8, 4) is 0 Å². The fraction of sp³-hybridized carbons (Fsp3) is 0.462. The molecule has 0 saturated heterocycles. The molecule has 0 radical (unpaired) electrons. The van der Waals surface area contributed by atoms with Crippen LogP contribution in [0.25, 0.3) is 10.2 Å². The van der Waals surface area contributed by atoms with Crippen LogP contribution in [0.2, 0.25) is 0 Å². The number of aromatic nitrogens is 1. The quantitative estimate of drug-likeness (QED) is 0.832. The van der Waals surface area contributed by atoms with Gasteiger partial charge in [-0.3, -0.25) is 4.98 Å². The van der Waals surface area contributed by atoms with Gasteiger partial charge in [0, 0.05) is 18.5 Å². The van der Waals surface area contributed by atoms with Crippen molar-refractivity contribution < 1.29 is 8.42 Å². The Morgan fingerprint density at radius 3 is 3.00 bits per heavy atom. The SMILES string of the molecule is CC(NCCCS(C)(=O)=O)c1cnc2ccsc2c1. The van der Waals surface area contributed by atoms with Crippen molar-refractivity contribution in [2.45, 2.75) is 19.4 Å². The third-order valence-corrected chi connectivity index (χ3v) is 4.85. The number of hydrogen-bond donors (Lipinski definition) is 1. The van der Waals surface area contributed by atoms with Crippen LogP contribution in [0.5, 0.6) is 0 Å². The lowest BCUT2D eigenvalue weighted by Crippen LogP contribution is -2.21. The first-order valence-electron chi connectivity index (χ1n) is 6.20. The molecule has 0 fully saturated rings. The van der Waals surface area contributed by atoms with Crippen LogP contribution in [0.1, 0.15) is 24.9 Å². The molecule has 0 saturated carbocycles. The molecule has 1 atom stereocenters. The summed E-state index contributed by atoms with van der Waals surface area (Å²) in [7, 11) is -2.86. The Morgan fingerprint density at radius 2 is 2.26 bits per heavy atom. The van der Waals surface area contributed by atoms with E-state index in [0.717, 1.165) is 11.1 Å². The average molecular weight is 298 g/mol. The van der Waals surface area contributed by atoms with Crippen molar-refractivity contribution in [1.82, 2.24) is 10.3 Å². The van der Waals surface area contributed by atoms with Crippen LogP contribution in [-0.4, -0.2) is 32.0 Å². The number of hydrogen-bond acceptors (Lipinski definition) is 5. The van der Waals surface area contributed by atoms with Gasteiger partial charge in [-0.25, -0.2) is 8.42 Å². The molecule has 2 heterocycles. The van der Waals surface area contributed by atoms with Crippen molar-refractivity contribution in [1.29, 1.82) is 0 Å². The topological polar surface area (TPSA) is 59.1 Å². The predicted molar refractivity (Wildman–Crippen MR) is 80.4 cm³/mol. The number of nitrogens with zero attached hydrogens (tertiary/aromatic N) is 1. The van der Waals surface area contributed by atoms with Gasteiger partial charge in [-0.2, -0.15) is 0 Å². The number of rotatable bonds is 6. The zero-order valence-electron chi connectivity index (χ0n) is 11.1. The van der Waals surface area contributed by atoms with E-state index in [4.69, 9.17) is 0 Å². The van der Waals surface area contributed by atoms with E-state index < -0.39 is 9.84 Å². The Balaban J connectivity index is 1.90. The molecule has 1 N–H and O–H groups in total. The molecule has 0 amide bonds. The van der Waals surface area contributed by atoms with Gasteiger partial charge in [0.1, 0.15) is 9.84 Å². The molecule has 0 aliphatic heterocycles. The minimum atomic E-state index is -2.86. The number of fused-ring (bicyclic) bond motifs is 1. The van der Waals surface area contributed by atoms with Gasteiger partial charge in [-0.15, -0.1) is 11.3 Å². The van der Waals surface area contributed by atoms with Crippen LogP contribution in [0.15, 0.2) is 23.7 Å². The maximum Gasteiger partial charge on any atom is 0.147 e. The summed E-state index contributed by atoms with van der Waals surface area (Å²) in [4.78, 5) is 4.40. The van der Waals surface area contributed by atoms with Crippen molar-refractivity contribution in [3.63, 3.8) is 0 Å². The van der Waals surface area contributed by atoms with Gasteiger partial charge in [-0.1, -0.05) is 0 Å². The highest BCUT2D eigenvalue weighted by molar-refractivity contribution is 7.90. The lowest BCUT2D eigenvalue weighted by molar-refractivity contribution is 0.561. The molecular formula is C13H18N2O2S2. The maximum atomic E-state index is 11.0. The summed E-state index contributed by atoms with van der Waals surface area (Å²) < 4.78 is 23.2. The van der Waals surface area contributed by atoms with Gasteiger partial charge < -0.3 is 5.32 Å². The van der Waals surface area contributed by atoms with Gasteiger partial charge in [0.25, 0.3) is 0 Å². The minimum Gasteiger partial charge on any atom is -0.310 e. The van der Waals surface area contributed by atoms with E-state index in [1.54, 1.807) is 11.3 Å². The Kier molecular flexibility index (Phi) is 4.54. The first kappa shape index (κ1) is 14.4. The number of sulfone groups is 1. The Morgan fingerprint density at radius 1 is 1.47 bits per heavy atom. The molecule has 2 aromatic rings.